The number of fused-ring (bicyclic) bond motifs is 1. The second-order valence-electron chi connectivity index (χ2n) is 7.27. The number of ether oxygens (including phenoxy) is 1. The van der Waals surface area contributed by atoms with Gasteiger partial charge in [-0.05, 0) is 38.8 Å². The van der Waals surface area contributed by atoms with Gasteiger partial charge in [-0.2, -0.15) is 0 Å². The van der Waals surface area contributed by atoms with Crippen LogP contribution in [0, 0.1) is 19.3 Å². The first-order valence-electron chi connectivity index (χ1n) is 6.82. The molecule has 0 saturated carbocycles. The van der Waals surface area contributed by atoms with Gasteiger partial charge >= 0.3 is 0 Å². The lowest BCUT2D eigenvalue weighted by molar-refractivity contribution is -0.0750. The van der Waals surface area contributed by atoms with E-state index in [0.717, 1.165) is 5.75 Å². The first-order chi connectivity index (χ1) is 8.02. The van der Waals surface area contributed by atoms with Crippen LogP contribution in [0.1, 0.15) is 58.2 Å². The highest BCUT2D eigenvalue weighted by molar-refractivity contribution is 5.53. The number of aryl methyl sites for hydroxylation is 2. The molecule has 0 spiro atoms. The average molecular weight is 246 g/mol. The number of rotatable bonds is 0. The number of hydrogen-bond acceptors (Lipinski definition) is 1. The molecule has 0 aromatic heterocycles. The van der Waals surface area contributed by atoms with Crippen LogP contribution in [0.25, 0.3) is 0 Å². The van der Waals surface area contributed by atoms with Crippen LogP contribution in [-0.2, 0) is 5.41 Å². The molecule has 0 fully saturated rings. The summed E-state index contributed by atoms with van der Waals surface area (Å²) >= 11 is 0. The fraction of sp³-hybridized carbons (Fsp3) is 0.647. The third-order valence-corrected chi connectivity index (χ3v) is 5.61. The molecule has 0 radical (unpaired) electrons. The Balaban J connectivity index is 2.81. The molecular weight excluding hydrogens is 220 g/mol. The second-order valence-corrected chi connectivity index (χ2v) is 7.27. The monoisotopic (exact) mass is 246 g/mol. The van der Waals surface area contributed by atoms with Crippen LogP contribution in [0.5, 0.6) is 5.75 Å². The van der Waals surface area contributed by atoms with Crippen LogP contribution < -0.4 is 4.74 Å². The van der Waals surface area contributed by atoms with Crippen molar-refractivity contribution >= 4 is 0 Å². The Kier molecular flexibility index (Phi) is 2.63. The van der Waals surface area contributed by atoms with Crippen LogP contribution in [-0.4, -0.2) is 5.60 Å². The molecule has 0 aliphatic carbocycles. The van der Waals surface area contributed by atoms with Gasteiger partial charge in [-0.1, -0.05) is 39.8 Å². The molecule has 18 heavy (non-hydrogen) atoms. The normalized spacial score (nSPS) is 23.1. The van der Waals surface area contributed by atoms with Gasteiger partial charge in [-0.3, -0.25) is 0 Å². The van der Waals surface area contributed by atoms with Crippen molar-refractivity contribution in [3.05, 3.63) is 28.8 Å². The summed E-state index contributed by atoms with van der Waals surface area (Å²) < 4.78 is 6.38. The van der Waals surface area contributed by atoms with Gasteiger partial charge in [0.15, 0.2) is 0 Å². The van der Waals surface area contributed by atoms with E-state index >= 15 is 0 Å². The minimum Gasteiger partial charge on any atom is -0.487 e. The maximum Gasteiger partial charge on any atom is 0.127 e. The van der Waals surface area contributed by atoms with Crippen molar-refractivity contribution < 1.29 is 4.74 Å². The Hall–Kier alpha value is -0.980. The topological polar surface area (TPSA) is 9.23 Å². The Bertz CT molecular complexity index is 493. The molecule has 1 aromatic rings. The molecule has 0 N–H and O–H groups in total. The molecule has 0 unspecified atom stereocenters. The highest BCUT2D eigenvalue weighted by atomic mass is 16.5. The van der Waals surface area contributed by atoms with Crippen LogP contribution in [0.2, 0.25) is 0 Å². The summed E-state index contributed by atoms with van der Waals surface area (Å²) in [6, 6.07) is 4.38. The van der Waals surface area contributed by atoms with Gasteiger partial charge in [0, 0.05) is 16.4 Å². The van der Waals surface area contributed by atoms with Crippen molar-refractivity contribution in [3.63, 3.8) is 0 Å². The summed E-state index contributed by atoms with van der Waals surface area (Å²) in [5, 5.41) is 0. The van der Waals surface area contributed by atoms with E-state index in [0.29, 0.717) is 0 Å². The van der Waals surface area contributed by atoms with E-state index < -0.39 is 0 Å². The SMILES string of the molecule is Cc1ccc(C)c2c1OC(C)(C)C(C)(C)C2(C)C. The molecule has 1 heteroatoms. The molecule has 1 nitrogen and oxygen atoms in total. The molecule has 0 bridgehead atoms. The van der Waals surface area contributed by atoms with Crippen molar-refractivity contribution in [2.24, 2.45) is 5.41 Å². The third-order valence-electron chi connectivity index (χ3n) is 5.61. The molecule has 1 aromatic carbocycles. The Morgan fingerprint density at radius 3 is 1.89 bits per heavy atom. The lowest BCUT2D eigenvalue weighted by atomic mass is 9.55. The van der Waals surface area contributed by atoms with E-state index in [1.165, 1.54) is 16.7 Å². The predicted molar refractivity (Wildman–Crippen MR) is 77.4 cm³/mol. The summed E-state index contributed by atoms with van der Waals surface area (Å²) in [7, 11) is 0. The zero-order chi connectivity index (χ0) is 13.9. The summed E-state index contributed by atoms with van der Waals surface area (Å²) in [5.74, 6) is 1.10. The van der Waals surface area contributed by atoms with Crippen molar-refractivity contribution in [2.45, 2.75) is 66.4 Å². The van der Waals surface area contributed by atoms with Gasteiger partial charge in [0.2, 0.25) is 0 Å². The molecule has 1 heterocycles. The summed E-state index contributed by atoms with van der Waals surface area (Å²) in [5.41, 5.74) is 3.97. The Morgan fingerprint density at radius 2 is 1.33 bits per heavy atom. The molecule has 0 amide bonds. The Labute approximate surface area is 112 Å². The lowest BCUT2D eigenvalue weighted by Gasteiger charge is -2.56. The molecule has 1 aliphatic rings. The average Bonchev–Trinajstić information content (AvgIpc) is 2.20. The lowest BCUT2D eigenvalue weighted by Crippen LogP contribution is -2.58. The third kappa shape index (κ3) is 1.46. The highest BCUT2D eigenvalue weighted by Gasteiger charge is 2.55. The van der Waals surface area contributed by atoms with E-state index in [-0.39, 0.29) is 16.4 Å². The van der Waals surface area contributed by atoms with E-state index in [1.54, 1.807) is 0 Å². The molecular formula is C17H26O. The molecule has 0 saturated heterocycles. The first kappa shape index (κ1) is 13.5. The maximum absolute atomic E-state index is 6.38. The number of benzene rings is 1. The first-order valence-corrected chi connectivity index (χ1v) is 6.82. The fourth-order valence-corrected chi connectivity index (χ4v) is 3.14. The predicted octanol–water partition coefficient (Wildman–Crippen LogP) is 4.78. The zero-order valence-electron chi connectivity index (χ0n) is 13.1. The minimum absolute atomic E-state index is 0.0750. The summed E-state index contributed by atoms with van der Waals surface area (Å²) in [6.07, 6.45) is 0. The van der Waals surface area contributed by atoms with Crippen molar-refractivity contribution in [1.82, 2.24) is 0 Å². The van der Waals surface area contributed by atoms with Gasteiger partial charge in [0.25, 0.3) is 0 Å². The standard InChI is InChI=1S/C17H26O/c1-11-9-10-12(2)14-13(11)15(3,4)16(5,6)17(7,8)18-14/h9-10H,1-8H3. The second kappa shape index (κ2) is 3.53. The zero-order valence-corrected chi connectivity index (χ0v) is 13.1. The van der Waals surface area contributed by atoms with E-state index in [4.69, 9.17) is 4.74 Å². The largest absolute Gasteiger partial charge is 0.487 e. The van der Waals surface area contributed by atoms with Crippen molar-refractivity contribution in [3.8, 4) is 5.75 Å². The number of hydrogen-bond donors (Lipinski definition) is 0. The van der Waals surface area contributed by atoms with Crippen LogP contribution in [0.4, 0.5) is 0 Å². The fourth-order valence-electron chi connectivity index (χ4n) is 3.14. The Morgan fingerprint density at radius 1 is 0.833 bits per heavy atom. The summed E-state index contributed by atoms with van der Waals surface area (Å²) in [6.45, 7) is 18.1. The minimum atomic E-state index is -0.165. The van der Waals surface area contributed by atoms with E-state index in [2.05, 4.69) is 67.5 Å². The van der Waals surface area contributed by atoms with Crippen molar-refractivity contribution in [1.29, 1.82) is 0 Å². The van der Waals surface area contributed by atoms with Gasteiger partial charge < -0.3 is 4.74 Å². The van der Waals surface area contributed by atoms with Gasteiger partial charge in [-0.25, -0.2) is 0 Å². The van der Waals surface area contributed by atoms with Crippen LogP contribution in [0.3, 0.4) is 0 Å². The van der Waals surface area contributed by atoms with Gasteiger partial charge in [-0.15, -0.1) is 0 Å². The van der Waals surface area contributed by atoms with Crippen LogP contribution >= 0.6 is 0 Å². The summed E-state index contributed by atoms with van der Waals surface area (Å²) in [4.78, 5) is 0. The maximum atomic E-state index is 6.38. The highest BCUT2D eigenvalue weighted by Crippen LogP contribution is 2.57. The van der Waals surface area contributed by atoms with Gasteiger partial charge in [0.05, 0.1) is 0 Å². The molecule has 100 valence electrons. The molecule has 0 atom stereocenters. The molecule has 2 rings (SSSR count). The van der Waals surface area contributed by atoms with E-state index in [1.807, 2.05) is 0 Å². The van der Waals surface area contributed by atoms with Crippen molar-refractivity contribution in [2.75, 3.05) is 0 Å². The van der Waals surface area contributed by atoms with Gasteiger partial charge in [0.1, 0.15) is 11.4 Å². The van der Waals surface area contributed by atoms with Crippen LogP contribution in [0.15, 0.2) is 12.1 Å². The smallest absolute Gasteiger partial charge is 0.127 e. The quantitative estimate of drug-likeness (QED) is 0.640. The van der Waals surface area contributed by atoms with E-state index in [9.17, 15) is 0 Å². The molecule has 1 aliphatic heterocycles.